The predicted octanol–water partition coefficient (Wildman–Crippen LogP) is 1.04. The molecule has 0 radical (unpaired) electrons. The molecule has 1 saturated heterocycles. The molecule has 0 spiro atoms. The molecule has 1 aliphatic heterocycles. The lowest BCUT2D eigenvalue weighted by Crippen LogP contribution is -2.28. The highest BCUT2D eigenvalue weighted by Gasteiger charge is 2.17. The van der Waals surface area contributed by atoms with Crippen molar-refractivity contribution in [3.63, 3.8) is 0 Å². The normalized spacial score (nSPS) is 20.6. The van der Waals surface area contributed by atoms with E-state index in [1.807, 2.05) is 6.20 Å². The Hall–Kier alpha value is -0.690. The molecule has 1 aromatic rings. The fourth-order valence-corrected chi connectivity index (χ4v) is 2.72. The fourth-order valence-electron chi connectivity index (χ4n) is 1.91. The van der Waals surface area contributed by atoms with Gasteiger partial charge in [0.1, 0.15) is 0 Å². The van der Waals surface area contributed by atoms with Crippen LogP contribution in [-0.4, -0.2) is 36.2 Å². The third-order valence-electron chi connectivity index (χ3n) is 2.64. The van der Waals surface area contributed by atoms with Gasteiger partial charge in [0, 0.05) is 30.8 Å². The molecule has 1 aliphatic rings. The maximum absolute atomic E-state index is 5.60. The van der Waals surface area contributed by atoms with Crippen molar-refractivity contribution >= 4 is 16.5 Å². The smallest absolute Gasteiger partial charge is 0.197 e. The van der Waals surface area contributed by atoms with E-state index >= 15 is 0 Å². The van der Waals surface area contributed by atoms with E-state index in [9.17, 15) is 0 Å². The van der Waals surface area contributed by atoms with Crippen LogP contribution in [0.1, 0.15) is 17.7 Å². The molecule has 16 heavy (non-hydrogen) atoms. The molecule has 5 nitrogen and oxygen atoms in total. The third kappa shape index (κ3) is 3.15. The number of nitrogen functional groups attached to an aromatic ring is 1. The van der Waals surface area contributed by atoms with Gasteiger partial charge in [0.05, 0.1) is 6.10 Å². The van der Waals surface area contributed by atoms with E-state index in [0.717, 1.165) is 24.8 Å². The molecule has 2 heterocycles. The number of nitrogens with two attached hydrogens (primary N) is 1. The molecule has 1 aromatic heterocycles. The van der Waals surface area contributed by atoms with E-state index in [2.05, 4.69) is 22.4 Å². The lowest BCUT2D eigenvalue weighted by molar-refractivity contribution is 0.0796. The number of nitrogens with one attached hydrogen (secondary N) is 1. The van der Waals surface area contributed by atoms with Gasteiger partial charge in [-0.3, -0.25) is 10.3 Å². The van der Waals surface area contributed by atoms with Crippen molar-refractivity contribution in [1.82, 2.24) is 9.88 Å². The number of nitrogens with zero attached hydrogens (tertiary/aromatic N) is 2. The Morgan fingerprint density at radius 1 is 1.75 bits per heavy atom. The van der Waals surface area contributed by atoms with Crippen LogP contribution in [0.25, 0.3) is 0 Å². The summed E-state index contributed by atoms with van der Waals surface area (Å²) in [6, 6.07) is 0. The van der Waals surface area contributed by atoms with Crippen LogP contribution in [0.3, 0.4) is 0 Å². The Bertz CT molecular complexity index is 324. The number of hydrogen-bond acceptors (Lipinski definition) is 6. The summed E-state index contributed by atoms with van der Waals surface area (Å²) in [5.41, 5.74) is 2.56. The third-order valence-corrected chi connectivity index (χ3v) is 3.56. The minimum absolute atomic E-state index is 0.407. The molecule has 1 unspecified atom stereocenters. The van der Waals surface area contributed by atoms with Gasteiger partial charge >= 0.3 is 0 Å². The summed E-state index contributed by atoms with van der Waals surface area (Å²) >= 11 is 1.59. The predicted molar refractivity (Wildman–Crippen MR) is 65.2 cm³/mol. The standard InChI is InChI=1S/C10H18N4OS/c1-14(6-8-3-2-4-15-8)7-9-5-12-10(13-11)16-9/h5,8H,2-4,6-7,11H2,1H3,(H,12,13). The average Bonchev–Trinajstić information content (AvgIpc) is 2.89. The van der Waals surface area contributed by atoms with Crippen molar-refractivity contribution in [2.24, 2.45) is 5.84 Å². The monoisotopic (exact) mass is 242 g/mol. The van der Waals surface area contributed by atoms with Crippen LogP contribution in [0.5, 0.6) is 0 Å². The van der Waals surface area contributed by atoms with Crippen LogP contribution < -0.4 is 11.3 Å². The Morgan fingerprint density at radius 3 is 3.25 bits per heavy atom. The molecule has 2 rings (SSSR count). The van der Waals surface area contributed by atoms with Gasteiger partial charge < -0.3 is 4.74 Å². The number of thiazole rings is 1. The fraction of sp³-hybridized carbons (Fsp3) is 0.700. The second-order valence-electron chi connectivity index (χ2n) is 4.11. The number of hydrazine groups is 1. The highest BCUT2D eigenvalue weighted by Crippen LogP contribution is 2.19. The van der Waals surface area contributed by atoms with Gasteiger partial charge in [-0.1, -0.05) is 11.3 Å². The topological polar surface area (TPSA) is 63.4 Å². The molecule has 1 atom stereocenters. The zero-order valence-corrected chi connectivity index (χ0v) is 10.3. The molecule has 0 aliphatic carbocycles. The van der Waals surface area contributed by atoms with E-state index in [1.54, 1.807) is 11.3 Å². The Morgan fingerprint density at radius 2 is 2.62 bits per heavy atom. The van der Waals surface area contributed by atoms with E-state index in [4.69, 9.17) is 10.6 Å². The molecule has 6 heteroatoms. The zero-order chi connectivity index (χ0) is 11.4. The van der Waals surface area contributed by atoms with Crippen LogP contribution in [0.2, 0.25) is 0 Å². The van der Waals surface area contributed by atoms with Crippen LogP contribution in [0.4, 0.5) is 5.13 Å². The highest BCUT2D eigenvalue weighted by molar-refractivity contribution is 7.15. The molecule has 0 aromatic carbocycles. The summed E-state index contributed by atoms with van der Waals surface area (Å²) in [4.78, 5) is 7.63. The SMILES string of the molecule is CN(Cc1cnc(NN)s1)CC1CCCO1. The number of aromatic nitrogens is 1. The number of hydrogen-bond donors (Lipinski definition) is 2. The lowest BCUT2D eigenvalue weighted by Gasteiger charge is -2.19. The van der Waals surface area contributed by atoms with Gasteiger partial charge in [0.2, 0.25) is 0 Å². The van der Waals surface area contributed by atoms with Crippen molar-refractivity contribution in [3.05, 3.63) is 11.1 Å². The summed E-state index contributed by atoms with van der Waals surface area (Å²) in [5, 5.41) is 0.764. The van der Waals surface area contributed by atoms with Gasteiger partial charge in [-0.05, 0) is 19.9 Å². The first-order chi connectivity index (χ1) is 7.78. The van der Waals surface area contributed by atoms with Gasteiger partial charge in [0.15, 0.2) is 5.13 Å². The summed E-state index contributed by atoms with van der Waals surface area (Å²) < 4.78 is 5.60. The van der Waals surface area contributed by atoms with Gasteiger partial charge in [-0.15, -0.1) is 0 Å². The molecule has 1 fully saturated rings. The molecule has 90 valence electrons. The second kappa shape index (κ2) is 5.58. The first-order valence-electron chi connectivity index (χ1n) is 5.49. The summed E-state index contributed by atoms with van der Waals surface area (Å²) in [6.45, 7) is 2.81. The first-order valence-corrected chi connectivity index (χ1v) is 6.31. The number of ether oxygens (including phenoxy) is 1. The van der Waals surface area contributed by atoms with Gasteiger partial charge in [0.25, 0.3) is 0 Å². The Labute approximate surface area is 99.6 Å². The van der Waals surface area contributed by atoms with Crippen molar-refractivity contribution in [2.45, 2.75) is 25.5 Å². The summed E-state index contributed by atoms with van der Waals surface area (Å²) in [6.07, 6.45) is 4.65. The van der Waals surface area contributed by atoms with Crippen molar-refractivity contribution in [1.29, 1.82) is 0 Å². The van der Waals surface area contributed by atoms with E-state index in [1.165, 1.54) is 17.7 Å². The first kappa shape index (κ1) is 11.8. The summed E-state index contributed by atoms with van der Waals surface area (Å²) in [5.74, 6) is 5.29. The minimum Gasteiger partial charge on any atom is -0.377 e. The number of rotatable bonds is 5. The van der Waals surface area contributed by atoms with Gasteiger partial charge in [-0.25, -0.2) is 10.8 Å². The zero-order valence-electron chi connectivity index (χ0n) is 9.48. The quantitative estimate of drug-likeness (QED) is 0.596. The van der Waals surface area contributed by atoms with Crippen molar-refractivity contribution < 1.29 is 4.74 Å². The van der Waals surface area contributed by atoms with Crippen LogP contribution in [0, 0.1) is 0 Å². The minimum atomic E-state index is 0.407. The molecule has 0 amide bonds. The molecule has 0 saturated carbocycles. The summed E-state index contributed by atoms with van der Waals surface area (Å²) in [7, 11) is 2.11. The molecule has 0 bridgehead atoms. The van der Waals surface area contributed by atoms with Crippen molar-refractivity contribution in [3.8, 4) is 0 Å². The van der Waals surface area contributed by atoms with E-state index in [-0.39, 0.29) is 0 Å². The Balaban J connectivity index is 1.79. The lowest BCUT2D eigenvalue weighted by atomic mass is 10.2. The average molecular weight is 242 g/mol. The van der Waals surface area contributed by atoms with Crippen LogP contribution in [0.15, 0.2) is 6.20 Å². The number of likely N-dealkylation sites (N-methyl/N-ethyl adjacent to an activating group) is 1. The van der Waals surface area contributed by atoms with Crippen molar-refractivity contribution in [2.75, 3.05) is 25.6 Å². The van der Waals surface area contributed by atoms with Crippen LogP contribution in [-0.2, 0) is 11.3 Å². The largest absolute Gasteiger partial charge is 0.377 e. The van der Waals surface area contributed by atoms with Crippen LogP contribution >= 0.6 is 11.3 Å². The van der Waals surface area contributed by atoms with Gasteiger partial charge in [-0.2, -0.15) is 0 Å². The molecular formula is C10H18N4OS. The maximum atomic E-state index is 5.60. The molecule has 3 N–H and O–H groups in total. The second-order valence-corrected chi connectivity index (χ2v) is 5.22. The number of anilines is 1. The Kier molecular flexibility index (Phi) is 4.11. The maximum Gasteiger partial charge on any atom is 0.197 e. The molecular weight excluding hydrogens is 224 g/mol. The van der Waals surface area contributed by atoms with E-state index < -0.39 is 0 Å². The van der Waals surface area contributed by atoms with E-state index in [0.29, 0.717) is 6.10 Å². The highest BCUT2D eigenvalue weighted by atomic mass is 32.1.